The van der Waals surface area contributed by atoms with Gasteiger partial charge in [-0.1, -0.05) is 31.2 Å². The van der Waals surface area contributed by atoms with Crippen LogP contribution in [0.5, 0.6) is 0 Å². The minimum absolute atomic E-state index is 0.442. The predicted octanol–water partition coefficient (Wildman–Crippen LogP) is 4.04. The molecule has 0 aliphatic rings. The van der Waals surface area contributed by atoms with Crippen molar-refractivity contribution in [3.63, 3.8) is 0 Å². The first-order valence-corrected chi connectivity index (χ1v) is 7.90. The second-order valence-electron chi connectivity index (χ2n) is 4.67. The van der Waals surface area contributed by atoms with Crippen molar-refractivity contribution >= 4 is 11.8 Å². The smallest absolute Gasteiger partial charge is 0.0294 e. The minimum atomic E-state index is 0.442. The molecule has 17 heavy (non-hydrogen) atoms. The van der Waals surface area contributed by atoms with Gasteiger partial charge in [-0.2, -0.15) is 11.8 Å². The van der Waals surface area contributed by atoms with Crippen LogP contribution < -0.4 is 5.32 Å². The van der Waals surface area contributed by atoms with E-state index in [4.69, 9.17) is 0 Å². The number of hydrogen-bond acceptors (Lipinski definition) is 2. The van der Waals surface area contributed by atoms with Gasteiger partial charge < -0.3 is 5.32 Å². The van der Waals surface area contributed by atoms with E-state index >= 15 is 0 Å². The summed E-state index contributed by atoms with van der Waals surface area (Å²) in [7, 11) is 0. The Morgan fingerprint density at radius 1 is 1.18 bits per heavy atom. The molecular formula is C15H25NS. The number of rotatable bonds is 7. The zero-order valence-corrected chi connectivity index (χ0v) is 12.3. The van der Waals surface area contributed by atoms with Crippen LogP contribution in [-0.2, 0) is 6.42 Å². The molecule has 0 aliphatic carbocycles. The van der Waals surface area contributed by atoms with Crippen molar-refractivity contribution in [2.24, 2.45) is 0 Å². The van der Waals surface area contributed by atoms with Gasteiger partial charge in [-0.3, -0.25) is 0 Å². The maximum absolute atomic E-state index is 3.66. The van der Waals surface area contributed by atoms with Gasteiger partial charge in [0.25, 0.3) is 0 Å². The van der Waals surface area contributed by atoms with Crippen LogP contribution in [0.4, 0.5) is 0 Å². The third kappa shape index (κ3) is 5.13. The topological polar surface area (TPSA) is 12.0 Å². The molecule has 0 spiro atoms. The van der Waals surface area contributed by atoms with Gasteiger partial charge in [-0.15, -0.1) is 0 Å². The lowest BCUT2D eigenvalue weighted by Gasteiger charge is -2.20. The fraction of sp³-hybridized carbons (Fsp3) is 0.600. The van der Waals surface area contributed by atoms with Gasteiger partial charge >= 0.3 is 0 Å². The third-order valence-corrected chi connectivity index (χ3v) is 3.82. The minimum Gasteiger partial charge on any atom is -0.308 e. The molecule has 0 heterocycles. The molecule has 1 nitrogen and oxygen atoms in total. The van der Waals surface area contributed by atoms with E-state index in [2.05, 4.69) is 56.6 Å². The molecule has 0 radical (unpaired) electrons. The summed E-state index contributed by atoms with van der Waals surface area (Å²) in [5, 5.41) is 3.66. The summed E-state index contributed by atoms with van der Waals surface area (Å²) in [5.41, 5.74) is 2.80. The largest absolute Gasteiger partial charge is 0.308 e. The Balaban J connectivity index is 2.47. The monoisotopic (exact) mass is 251 g/mol. The fourth-order valence-corrected chi connectivity index (χ4v) is 2.53. The molecule has 0 aliphatic heterocycles. The maximum Gasteiger partial charge on any atom is 0.0294 e. The summed E-state index contributed by atoms with van der Waals surface area (Å²) in [6, 6.07) is 10.00. The van der Waals surface area contributed by atoms with Crippen molar-refractivity contribution < 1.29 is 0 Å². The summed E-state index contributed by atoms with van der Waals surface area (Å²) in [6.45, 7) is 6.71. The Labute approximate surface area is 110 Å². The van der Waals surface area contributed by atoms with Crippen LogP contribution in [0.1, 0.15) is 44.4 Å². The Kier molecular flexibility index (Phi) is 6.68. The first-order chi connectivity index (χ1) is 8.17. The molecule has 96 valence electrons. The van der Waals surface area contributed by atoms with E-state index < -0.39 is 0 Å². The predicted molar refractivity (Wildman–Crippen MR) is 79.8 cm³/mol. The van der Waals surface area contributed by atoms with Crippen LogP contribution in [-0.4, -0.2) is 18.1 Å². The van der Waals surface area contributed by atoms with E-state index in [-0.39, 0.29) is 0 Å². The van der Waals surface area contributed by atoms with Gasteiger partial charge in [-0.25, -0.2) is 0 Å². The standard InChI is InChI=1S/C15H25NS/c1-5-14-6-8-15(9-7-14)13(3)16-12(2)10-11-17-4/h6-9,12-13,16H,5,10-11H2,1-4H3. The van der Waals surface area contributed by atoms with Crippen molar-refractivity contribution in [3.8, 4) is 0 Å². The molecule has 0 amide bonds. The Bertz CT molecular complexity index is 307. The van der Waals surface area contributed by atoms with Gasteiger partial charge in [0.1, 0.15) is 0 Å². The summed E-state index contributed by atoms with van der Waals surface area (Å²) < 4.78 is 0. The van der Waals surface area contributed by atoms with E-state index in [9.17, 15) is 0 Å². The SMILES string of the molecule is CCc1ccc(C(C)NC(C)CCSC)cc1. The van der Waals surface area contributed by atoms with E-state index in [1.54, 1.807) is 0 Å². The summed E-state index contributed by atoms with van der Waals surface area (Å²) in [6.07, 6.45) is 4.52. The molecule has 1 aromatic rings. The van der Waals surface area contributed by atoms with Crippen LogP contribution in [0, 0.1) is 0 Å². The lowest BCUT2D eigenvalue weighted by atomic mass is 10.0. The average Bonchev–Trinajstić information content (AvgIpc) is 2.36. The Morgan fingerprint density at radius 3 is 2.35 bits per heavy atom. The van der Waals surface area contributed by atoms with Gasteiger partial charge in [0.15, 0.2) is 0 Å². The lowest BCUT2D eigenvalue weighted by molar-refractivity contribution is 0.471. The molecule has 0 aromatic heterocycles. The van der Waals surface area contributed by atoms with Gasteiger partial charge in [0.2, 0.25) is 0 Å². The molecule has 0 fully saturated rings. The number of benzene rings is 1. The highest BCUT2D eigenvalue weighted by Crippen LogP contribution is 2.15. The molecule has 1 N–H and O–H groups in total. The van der Waals surface area contributed by atoms with Gasteiger partial charge in [0, 0.05) is 12.1 Å². The molecule has 0 saturated carbocycles. The van der Waals surface area contributed by atoms with E-state index in [0.29, 0.717) is 12.1 Å². The molecule has 0 bridgehead atoms. The first-order valence-electron chi connectivity index (χ1n) is 6.51. The molecule has 2 unspecified atom stereocenters. The molecular weight excluding hydrogens is 226 g/mol. The second kappa shape index (κ2) is 7.78. The first kappa shape index (κ1) is 14.6. The molecule has 2 atom stereocenters. The Hall–Kier alpha value is -0.470. The molecule has 1 rings (SSSR count). The van der Waals surface area contributed by atoms with Gasteiger partial charge in [0.05, 0.1) is 0 Å². The lowest BCUT2D eigenvalue weighted by Crippen LogP contribution is -2.29. The average molecular weight is 251 g/mol. The number of nitrogens with one attached hydrogen (secondary N) is 1. The summed E-state index contributed by atoms with van der Waals surface area (Å²) in [5.74, 6) is 1.23. The van der Waals surface area contributed by atoms with Crippen molar-refractivity contribution in [1.29, 1.82) is 0 Å². The molecule has 2 heteroatoms. The van der Waals surface area contributed by atoms with Crippen LogP contribution >= 0.6 is 11.8 Å². The summed E-state index contributed by atoms with van der Waals surface area (Å²) in [4.78, 5) is 0. The van der Waals surface area contributed by atoms with Crippen molar-refractivity contribution in [2.45, 2.75) is 45.7 Å². The third-order valence-electron chi connectivity index (χ3n) is 3.18. The zero-order chi connectivity index (χ0) is 12.7. The maximum atomic E-state index is 3.66. The van der Waals surface area contributed by atoms with Crippen LogP contribution in [0.2, 0.25) is 0 Å². The highest BCUT2D eigenvalue weighted by Gasteiger charge is 2.08. The molecule has 1 aromatic carbocycles. The summed E-state index contributed by atoms with van der Waals surface area (Å²) >= 11 is 1.92. The fourth-order valence-electron chi connectivity index (χ4n) is 1.94. The van der Waals surface area contributed by atoms with Gasteiger partial charge in [-0.05, 0) is 49.8 Å². The zero-order valence-electron chi connectivity index (χ0n) is 11.5. The van der Waals surface area contributed by atoms with E-state index in [1.807, 2.05) is 11.8 Å². The highest BCUT2D eigenvalue weighted by molar-refractivity contribution is 7.98. The number of aryl methyl sites for hydroxylation is 1. The normalized spacial score (nSPS) is 14.6. The second-order valence-corrected chi connectivity index (χ2v) is 5.65. The highest BCUT2D eigenvalue weighted by atomic mass is 32.2. The quantitative estimate of drug-likeness (QED) is 0.785. The Morgan fingerprint density at radius 2 is 1.82 bits per heavy atom. The number of thioether (sulfide) groups is 1. The van der Waals surface area contributed by atoms with E-state index in [1.165, 1.54) is 23.3 Å². The van der Waals surface area contributed by atoms with Crippen molar-refractivity contribution in [1.82, 2.24) is 5.32 Å². The van der Waals surface area contributed by atoms with Crippen LogP contribution in [0.3, 0.4) is 0 Å². The van der Waals surface area contributed by atoms with Crippen molar-refractivity contribution in [2.75, 3.05) is 12.0 Å². The molecule has 0 saturated heterocycles. The van der Waals surface area contributed by atoms with Crippen LogP contribution in [0.25, 0.3) is 0 Å². The van der Waals surface area contributed by atoms with Crippen molar-refractivity contribution in [3.05, 3.63) is 35.4 Å². The van der Waals surface area contributed by atoms with E-state index in [0.717, 1.165) is 6.42 Å². The van der Waals surface area contributed by atoms with Crippen LogP contribution in [0.15, 0.2) is 24.3 Å². The number of hydrogen-bond donors (Lipinski definition) is 1.